The lowest BCUT2D eigenvalue weighted by Gasteiger charge is -2.28. The smallest absolute Gasteiger partial charge is 0.416 e. The van der Waals surface area contributed by atoms with Crippen molar-refractivity contribution in [2.45, 2.75) is 31.4 Å². The molecule has 9 heteroatoms. The lowest BCUT2D eigenvalue weighted by molar-refractivity contribution is -0.150. The highest BCUT2D eigenvalue weighted by Crippen LogP contribution is 2.34. The predicted molar refractivity (Wildman–Crippen MR) is 128 cm³/mol. The zero-order valence-electron chi connectivity index (χ0n) is 20.0. The number of hydrogen-bond acceptors (Lipinski definition) is 5. The number of esters is 1. The number of ether oxygens (including phenoxy) is 2. The molecule has 0 aliphatic heterocycles. The van der Waals surface area contributed by atoms with E-state index in [4.69, 9.17) is 9.47 Å². The van der Waals surface area contributed by atoms with Crippen molar-refractivity contribution in [3.63, 3.8) is 0 Å². The molecular formula is C27H26F3N3O3. The van der Waals surface area contributed by atoms with Crippen LogP contribution in [0.25, 0.3) is 16.8 Å². The van der Waals surface area contributed by atoms with Crippen molar-refractivity contribution in [2.75, 3.05) is 20.3 Å². The lowest BCUT2D eigenvalue weighted by atomic mass is 9.80. The van der Waals surface area contributed by atoms with Crippen LogP contribution in [0.3, 0.4) is 0 Å². The number of fused-ring (bicyclic) bond motifs is 1. The Morgan fingerprint density at radius 1 is 1.00 bits per heavy atom. The van der Waals surface area contributed by atoms with Gasteiger partial charge in [-0.15, -0.1) is 0 Å². The molecule has 0 amide bonds. The second kappa shape index (κ2) is 10.5. The number of nitrogens with zero attached hydrogens (tertiary/aromatic N) is 3. The van der Waals surface area contributed by atoms with Crippen LogP contribution in [0.4, 0.5) is 13.2 Å². The van der Waals surface area contributed by atoms with Gasteiger partial charge in [0.15, 0.2) is 5.65 Å². The predicted octanol–water partition coefficient (Wildman–Crippen LogP) is 5.50. The largest absolute Gasteiger partial charge is 0.465 e. The summed E-state index contributed by atoms with van der Waals surface area (Å²) in [6, 6.07) is 16.1. The SMILES string of the molecule is COCCCOC(=O)C(C)(Cc1ccccc1)c1ccnc2c(-c3ccc(C(F)(F)F)cc3)cnn12. The van der Waals surface area contributed by atoms with Crippen LogP contribution in [0.2, 0.25) is 0 Å². The summed E-state index contributed by atoms with van der Waals surface area (Å²) < 4.78 is 51.3. The van der Waals surface area contributed by atoms with Gasteiger partial charge >= 0.3 is 12.1 Å². The average Bonchev–Trinajstić information content (AvgIpc) is 3.31. The van der Waals surface area contributed by atoms with E-state index in [1.807, 2.05) is 30.3 Å². The second-order valence-corrected chi connectivity index (χ2v) is 8.68. The molecule has 0 fully saturated rings. The quantitative estimate of drug-likeness (QED) is 0.226. The molecule has 4 rings (SSSR count). The Morgan fingerprint density at radius 2 is 1.72 bits per heavy atom. The third-order valence-electron chi connectivity index (χ3n) is 6.07. The molecule has 0 saturated carbocycles. The molecule has 36 heavy (non-hydrogen) atoms. The fourth-order valence-electron chi connectivity index (χ4n) is 4.15. The molecule has 0 aliphatic rings. The first-order valence-corrected chi connectivity index (χ1v) is 11.4. The molecule has 0 N–H and O–H groups in total. The fourth-order valence-corrected chi connectivity index (χ4v) is 4.15. The van der Waals surface area contributed by atoms with E-state index in [0.29, 0.717) is 41.9 Å². The molecule has 2 aromatic carbocycles. The maximum absolute atomic E-state index is 13.5. The van der Waals surface area contributed by atoms with Crippen LogP contribution in [0, 0.1) is 0 Å². The summed E-state index contributed by atoms with van der Waals surface area (Å²) in [5.74, 6) is -0.415. The van der Waals surface area contributed by atoms with E-state index in [-0.39, 0.29) is 6.61 Å². The minimum absolute atomic E-state index is 0.210. The third kappa shape index (κ3) is 5.26. The van der Waals surface area contributed by atoms with Crippen LogP contribution < -0.4 is 0 Å². The monoisotopic (exact) mass is 497 g/mol. The zero-order valence-corrected chi connectivity index (χ0v) is 20.0. The van der Waals surface area contributed by atoms with E-state index in [1.54, 1.807) is 37.0 Å². The number of halogens is 3. The van der Waals surface area contributed by atoms with Gasteiger partial charge in [-0.1, -0.05) is 42.5 Å². The first kappa shape index (κ1) is 25.4. The first-order valence-electron chi connectivity index (χ1n) is 11.4. The number of rotatable bonds is 9. The van der Waals surface area contributed by atoms with E-state index in [2.05, 4.69) is 10.1 Å². The molecule has 0 radical (unpaired) electrons. The Bertz CT molecular complexity index is 1320. The van der Waals surface area contributed by atoms with Crippen molar-refractivity contribution in [1.29, 1.82) is 0 Å². The number of hydrogen-bond donors (Lipinski definition) is 0. The molecule has 1 atom stereocenters. The van der Waals surface area contributed by atoms with Crippen LogP contribution in [-0.2, 0) is 32.3 Å². The van der Waals surface area contributed by atoms with Crippen molar-refractivity contribution < 1.29 is 27.4 Å². The van der Waals surface area contributed by atoms with Crippen molar-refractivity contribution in [3.05, 3.63) is 89.9 Å². The van der Waals surface area contributed by atoms with E-state index < -0.39 is 23.1 Å². The van der Waals surface area contributed by atoms with Gasteiger partial charge in [0.05, 0.1) is 24.1 Å². The maximum Gasteiger partial charge on any atom is 0.416 e. The molecule has 0 spiro atoms. The van der Waals surface area contributed by atoms with Crippen LogP contribution in [0.1, 0.15) is 30.2 Å². The van der Waals surface area contributed by atoms with Crippen LogP contribution >= 0.6 is 0 Å². The third-order valence-corrected chi connectivity index (χ3v) is 6.07. The number of methoxy groups -OCH3 is 1. The minimum atomic E-state index is -4.42. The highest BCUT2D eigenvalue weighted by molar-refractivity contribution is 5.84. The summed E-state index contributed by atoms with van der Waals surface area (Å²) in [5, 5.41) is 4.47. The number of carbonyl (C=O) groups excluding carboxylic acids is 1. The number of alkyl halides is 3. The summed E-state index contributed by atoms with van der Waals surface area (Å²) in [7, 11) is 1.58. The van der Waals surface area contributed by atoms with Gasteiger partial charge in [-0.05, 0) is 42.7 Å². The molecule has 188 valence electrons. The summed E-state index contributed by atoms with van der Waals surface area (Å²) >= 11 is 0. The fraction of sp³-hybridized carbons (Fsp3) is 0.296. The van der Waals surface area contributed by atoms with Crippen LogP contribution in [0.5, 0.6) is 0 Å². The normalized spacial score (nSPS) is 13.5. The first-order chi connectivity index (χ1) is 17.2. The highest BCUT2D eigenvalue weighted by atomic mass is 19.4. The summed E-state index contributed by atoms with van der Waals surface area (Å²) in [4.78, 5) is 17.9. The Kier molecular flexibility index (Phi) is 7.40. The number of benzene rings is 2. The van der Waals surface area contributed by atoms with Crippen LogP contribution in [-0.4, -0.2) is 40.9 Å². The van der Waals surface area contributed by atoms with Gasteiger partial charge in [0.25, 0.3) is 0 Å². The van der Waals surface area contributed by atoms with E-state index in [0.717, 1.165) is 17.7 Å². The maximum atomic E-state index is 13.5. The van der Waals surface area contributed by atoms with E-state index in [9.17, 15) is 18.0 Å². The topological polar surface area (TPSA) is 65.7 Å². The summed E-state index contributed by atoms with van der Waals surface area (Å²) in [6.45, 7) is 2.48. The van der Waals surface area contributed by atoms with Gasteiger partial charge in [-0.2, -0.15) is 18.3 Å². The molecule has 4 aromatic rings. The summed E-state index contributed by atoms with van der Waals surface area (Å²) in [5.41, 5.74) is 1.18. The van der Waals surface area contributed by atoms with Gasteiger partial charge in [0.2, 0.25) is 0 Å². The highest BCUT2D eigenvalue weighted by Gasteiger charge is 2.40. The molecule has 1 unspecified atom stereocenters. The van der Waals surface area contributed by atoms with Gasteiger partial charge < -0.3 is 9.47 Å². The Morgan fingerprint density at radius 3 is 2.39 bits per heavy atom. The van der Waals surface area contributed by atoms with Gasteiger partial charge in [0.1, 0.15) is 5.41 Å². The van der Waals surface area contributed by atoms with Gasteiger partial charge in [-0.3, -0.25) is 4.79 Å². The molecule has 2 heterocycles. The Hall–Kier alpha value is -3.72. The van der Waals surface area contributed by atoms with Gasteiger partial charge in [-0.25, -0.2) is 9.50 Å². The Balaban J connectivity index is 1.75. The number of aromatic nitrogens is 3. The standard InChI is InChI=1S/C27H26F3N3O3/c1-26(17-19-7-4-3-5-8-19,25(34)36-16-6-15-35-2)23-13-14-31-24-22(18-32-33(23)24)20-9-11-21(12-10-20)27(28,29)30/h3-5,7-14,18H,6,15-17H2,1-2H3. The Labute approximate surface area is 206 Å². The van der Waals surface area contributed by atoms with E-state index in [1.165, 1.54) is 12.1 Å². The van der Waals surface area contributed by atoms with E-state index >= 15 is 0 Å². The average molecular weight is 498 g/mol. The zero-order chi connectivity index (χ0) is 25.8. The second-order valence-electron chi connectivity index (χ2n) is 8.68. The molecule has 0 saturated heterocycles. The van der Waals surface area contributed by atoms with Gasteiger partial charge in [0, 0.05) is 31.9 Å². The summed E-state index contributed by atoms with van der Waals surface area (Å²) in [6.07, 6.45) is -0.392. The molecule has 0 bridgehead atoms. The lowest BCUT2D eigenvalue weighted by Crippen LogP contribution is -2.39. The number of carbonyl (C=O) groups is 1. The molecule has 0 aliphatic carbocycles. The van der Waals surface area contributed by atoms with Crippen molar-refractivity contribution >= 4 is 11.6 Å². The van der Waals surface area contributed by atoms with Crippen molar-refractivity contribution in [1.82, 2.24) is 14.6 Å². The molecular weight excluding hydrogens is 471 g/mol. The molecule has 2 aromatic heterocycles. The minimum Gasteiger partial charge on any atom is -0.465 e. The molecule has 6 nitrogen and oxygen atoms in total. The van der Waals surface area contributed by atoms with Crippen molar-refractivity contribution in [2.24, 2.45) is 0 Å². The van der Waals surface area contributed by atoms with Crippen LogP contribution in [0.15, 0.2) is 73.1 Å². The van der Waals surface area contributed by atoms with Crippen molar-refractivity contribution in [3.8, 4) is 11.1 Å².